The van der Waals surface area contributed by atoms with Crippen LogP contribution in [0, 0.1) is 17.6 Å². The smallest absolute Gasteiger partial charge is 0.338 e. The van der Waals surface area contributed by atoms with Crippen LogP contribution in [0.1, 0.15) is 42.3 Å². The molecule has 0 spiro atoms. The van der Waals surface area contributed by atoms with E-state index in [0.717, 1.165) is 0 Å². The van der Waals surface area contributed by atoms with E-state index in [1.165, 1.54) is 48.8 Å². The number of thiazole rings is 1. The van der Waals surface area contributed by atoms with Crippen LogP contribution in [-0.2, 0) is 14.3 Å². The molecule has 4 heterocycles. The number of amides is 2. The lowest BCUT2D eigenvalue weighted by Crippen LogP contribution is -2.53. The summed E-state index contributed by atoms with van der Waals surface area (Å²) in [6.07, 6.45) is 3.50. The number of urea groups is 1. The fraction of sp³-hybridized carbons (Fsp3) is 0.400. The zero-order chi connectivity index (χ0) is 35.8. The van der Waals surface area contributed by atoms with Crippen molar-refractivity contribution in [3.8, 4) is 5.75 Å². The number of hydrogen-bond acceptors (Lipinski definition) is 10. The molecule has 268 valence electrons. The fourth-order valence-electron chi connectivity index (χ4n) is 7.21. The molecule has 2 amide bonds. The van der Waals surface area contributed by atoms with E-state index in [2.05, 4.69) is 15.2 Å². The van der Waals surface area contributed by atoms with Crippen LogP contribution in [0.4, 0.5) is 19.3 Å². The zero-order valence-corrected chi connectivity index (χ0v) is 29.1. The molecule has 4 aliphatic rings. The molecule has 2 saturated heterocycles. The van der Waals surface area contributed by atoms with Crippen molar-refractivity contribution in [2.75, 3.05) is 44.7 Å². The van der Waals surface area contributed by atoms with E-state index in [9.17, 15) is 28.3 Å². The van der Waals surface area contributed by atoms with Gasteiger partial charge in [-0.05, 0) is 43.9 Å². The van der Waals surface area contributed by atoms with E-state index >= 15 is 0 Å². The molecule has 51 heavy (non-hydrogen) atoms. The van der Waals surface area contributed by atoms with Gasteiger partial charge in [-0.3, -0.25) is 19.6 Å². The van der Waals surface area contributed by atoms with Gasteiger partial charge >= 0.3 is 18.0 Å². The van der Waals surface area contributed by atoms with Crippen LogP contribution in [0.3, 0.4) is 0 Å². The fourth-order valence-corrected chi connectivity index (χ4v) is 8.07. The number of fused-ring (bicyclic) bond motifs is 1. The molecule has 1 aromatic heterocycles. The number of nitrogens with one attached hydrogen (secondary N) is 1. The first-order valence-corrected chi connectivity index (χ1v) is 17.8. The van der Waals surface area contributed by atoms with Gasteiger partial charge in [0.05, 0.1) is 36.4 Å². The lowest BCUT2D eigenvalue weighted by molar-refractivity contribution is -0.143. The summed E-state index contributed by atoms with van der Waals surface area (Å²) in [6.45, 7) is 1.91. The number of benzene rings is 2. The van der Waals surface area contributed by atoms with Crippen LogP contribution in [0.5, 0.6) is 5.75 Å². The summed E-state index contributed by atoms with van der Waals surface area (Å²) in [4.78, 5) is 52.9. The predicted molar refractivity (Wildman–Crippen MR) is 185 cm³/mol. The minimum absolute atomic E-state index is 0.111. The molecule has 7 rings (SSSR count). The van der Waals surface area contributed by atoms with E-state index in [0.29, 0.717) is 85.4 Å². The normalized spacial score (nSPS) is 23.8. The summed E-state index contributed by atoms with van der Waals surface area (Å²) in [7, 11) is 1.28. The molecule has 0 unspecified atom stereocenters. The lowest BCUT2D eigenvalue weighted by atomic mass is 9.87. The molecule has 0 radical (unpaired) electrons. The number of hydrogen-bond donors (Lipinski definition) is 2. The standard InChI is InChI=1S/C35H35ClF2N6O6S/c1-49-34(47)29-28(40-31(32-39-8-11-51-32)41-30(29)26-7-4-20(37)14-27(26)36)18-42-9-10-43-23(16-42)17-44(35(43)48)22-12-21(38)13-25(15-22)50-24-5-2-19(3-6-24)33(45)46/h4,7-8,11-15,19,23-24,30H,2-3,5-6,9-10,16-18H2,1H3,(H,40,41)(H,45,46)/t19-,23-,24-,30-/m0/s1. The Kier molecular flexibility index (Phi) is 9.94. The number of rotatable bonds is 9. The number of halogens is 3. The molecule has 3 aromatic rings. The number of aliphatic carboxylic acids is 1. The highest BCUT2D eigenvalue weighted by Gasteiger charge is 2.43. The third kappa shape index (κ3) is 7.28. The molecule has 2 atom stereocenters. The van der Waals surface area contributed by atoms with Crippen molar-refractivity contribution in [1.29, 1.82) is 0 Å². The number of aromatic nitrogens is 1. The van der Waals surface area contributed by atoms with Crippen molar-refractivity contribution in [2.24, 2.45) is 10.9 Å². The van der Waals surface area contributed by atoms with Gasteiger partial charge in [0.25, 0.3) is 0 Å². The Morgan fingerprint density at radius 1 is 1.08 bits per heavy atom. The lowest BCUT2D eigenvalue weighted by Gasteiger charge is -2.38. The first-order chi connectivity index (χ1) is 24.6. The van der Waals surface area contributed by atoms with E-state index in [-0.39, 0.29) is 35.3 Å². The number of nitrogens with zero attached hydrogens (tertiary/aromatic N) is 5. The third-order valence-electron chi connectivity index (χ3n) is 9.74. The van der Waals surface area contributed by atoms with Gasteiger partial charge < -0.3 is 24.8 Å². The molecule has 3 fully saturated rings. The summed E-state index contributed by atoms with van der Waals surface area (Å²) in [5.74, 6) is -2.17. The Balaban J connectivity index is 1.10. The maximum absolute atomic E-state index is 14.9. The van der Waals surface area contributed by atoms with Crippen molar-refractivity contribution >= 4 is 52.4 Å². The average Bonchev–Trinajstić information content (AvgIpc) is 3.76. The number of piperazine rings is 1. The Hall–Kier alpha value is -4.60. The molecule has 16 heteroatoms. The molecular formula is C35H35ClF2N6O6S. The molecule has 1 saturated carbocycles. The number of amidine groups is 1. The van der Waals surface area contributed by atoms with Crippen LogP contribution < -0.4 is 15.0 Å². The van der Waals surface area contributed by atoms with E-state index in [1.807, 2.05) is 0 Å². The number of methoxy groups -OCH3 is 1. The second kappa shape index (κ2) is 14.6. The minimum atomic E-state index is -0.901. The van der Waals surface area contributed by atoms with Crippen molar-refractivity contribution in [2.45, 2.75) is 43.9 Å². The molecule has 12 nitrogen and oxygen atoms in total. The monoisotopic (exact) mass is 740 g/mol. The number of anilines is 1. The molecule has 1 aliphatic carbocycles. The molecule has 2 N–H and O–H groups in total. The second-order valence-corrected chi connectivity index (χ2v) is 14.2. The van der Waals surface area contributed by atoms with Crippen LogP contribution in [0.15, 0.2) is 64.2 Å². The highest BCUT2D eigenvalue weighted by atomic mass is 35.5. The van der Waals surface area contributed by atoms with Gasteiger partial charge in [0, 0.05) is 72.7 Å². The number of ether oxygens (including phenoxy) is 2. The first kappa shape index (κ1) is 34.8. The number of carbonyl (C=O) groups excluding carboxylic acids is 2. The van der Waals surface area contributed by atoms with Crippen LogP contribution >= 0.6 is 22.9 Å². The Bertz CT molecular complexity index is 1900. The van der Waals surface area contributed by atoms with Crippen molar-refractivity contribution < 1.29 is 37.7 Å². The summed E-state index contributed by atoms with van der Waals surface area (Å²) in [6, 6.07) is 6.80. The Labute approximate surface area is 301 Å². The number of carbonyl (C=O) groups is 3. The van der Waals surface area contributed by atoms with Gasteiger partial charge in [-0.2, -0.15) is 0 Å². The van der Waals surface area contributed by atoms with Crippen molar-refractivity contribution in [1.82, 2.24) is 20.1 Å². The number of carboxylic acids is 1. The molecule has 2 aromatic carbocycles. The quantitative estimate of drug-likeness (QED) is 0.282. The van der Waals surface area contributed by atoms with Gasteiger partial charge in [0.15, 0.2) is 10.8 Å². The predicted octanol–water partition coefficient (Wildman–Crippen LogP) is 5.24. The summed E-state index contributed by atoms with van der Waals surface area (Å²) < 4.78 is 40.2. The number of aliphatic imine (C=N–C) groups is 1. The largest absolute Gasteiger partial charge is 0.490 e. The SMILES string of the molecule is COC(=O)C1=C(CN2CCN3C(=O)N(c4cc(F)cc(O[C@H]5CC[C@H](C(=O)O)CC5)c4)C[C@@H]3C2)NC(c2nccs2)=N[C@H]1c1ccc(F)cc1Cl. The van der Waals surface area contributed by atoms with Gasteiger partial charge in [0.1, 0.15) is 23.4 Å². The maximum atomic E-state index is 14.9. The van der Waals surface area contributed by atoms with Crippen LogP contribution in [0.2, 0.25) is 5.02 Å². The average molecular weight is 741 g/mol. The summed E-state index contributed by atoms with van der Waals surface area (Å²) in [5, 5.41) is 15.1. The minimum Gasteiger partial charge on any atom is -0.490 e. The van der Waals surface area contributed by atoms with E-state index in [1.54, 1.807) is 27.4 Å². The molecular weight excluding hydrogens is 706 g/mol. The van der Waals surface area contributed by atoms with E-state index in [4.69, 9.17) is 26.1 Å². The molecule has 0 bridgehead atoms. The summed E-state index contributed by atoms with van der Waals surface area (Å²) in [5.41, 5.74) is 1.55. The topological polar surface area (TPSA) is 137 Å². The van der Waals surface area contributed by atoms with Gasteiger partial charge in [0.2, 0.25) is 0 Å². The van der Waals surface area contributed by atoms with Gasteiger partial charge in [-0.1, -0.05) is 17.7 Å². The number of esters is 1. The zero-order valence-electron chi connectivity index (χ0n) is 27.6. The van der Waals surface area contributed by atoms with Gasteiger partial charge in [-0.15, -0.1) is 11.3 Å². The highest BCUT2D eigenvalue weighted by molar-refractivity contribution is 7.11. The van der Waals surface area contributed by atoms with Gasteiger partial charge in [-0.25, -0.2) is 23.4 Å². The van der Waals surface area contributed by atoms with E-state index < -0.39 is 35.5 Å². The Morgan fingerprint density at radius 3 is 2.59 bits per heavy atom. The van der Waals surface area contributed by atoms with Crippen LogP contribution in [0.25, 0.3) is 0 Å². The molecule has 3 aliphatic heterocycles. The third-order valence-corrected chi connectivity index (χ3v) is 10.8. The second-order valence-electron chi connectivity index (χ2n) is 12.9. The first-order valence-electron chi connectivity index (χ1n) is 16.6. The highest BCUT2D eigenvalue weighted by Crippen LogP contribution is 2.38. The van der Waals surface area contributed by atoms with Crippen LogP contribution in [-0.4, -0.2) is 95.7 Å². The van der Waals surface area contributed by atoms with Crippen molar-refractivity contribution in [3.63, 3.8) is 0 Å². The van der Waals surface area contributed by atoms with Crippen molar-refractivity contribution in [3.05, 3.63) is 86.5 Å². The summed E-state index contributed by atoms with van der Waals surface area (Å²) >= 11 is 7.85. The maximum Gasteiger partial charge on any atom is 0.338 e. The number of carboxylic acid groups (broad SMARTS) is 1. The Morgan fingerprint density at radius 2 is 1.88 bits per heavy atom.